The van der Waals surface area contributed by atoms with Gasteiger partial charge in [0, 0.05) is 6.04 Å². The van der Waals surface area contributed by atoms with E-state index in [1.807, 2.05) is 6.92 Å². The van der Waals surface area contributed by atoms with E-state index in [2.05, 4.69) is 0 Å². The van der Waals surface area contributed by atoms with Gasteiger partial charge in [0.2, 0.25) is 5.82 Å². The number of hydrogen-bond acceptors (Lipinski definition) is 3. The van der Waals surface area contributed by atoms with E-state index in [1.165, 1.54) is 12.1 Å². The molecule has 0 amide bonds. The standard InChI is InChI=1S/C12H17F2NO2/c1-2-4-9(15)11(7-16)17-10-6-3-5-8(13)12(10)14/h3,5-6,9,11,16H,2,4,7,15H2,1H3. The van der Waals surface area contributed by atoms with Crippen LogP contribution in [0.2, 0.25) is 0 Å². The highest BCUT2D eigenvalue weighted by Crippen LogP contribution is 2.21. The molecule has 5 heteroatoms. The Balaban J connectivity index is 2.77. The van der Waals surface area contributed by atoms with Crippen LogP contribution in [0, 0.1) is 11.6 Å². The lowest BCUT2D eigenvalue weighted by Gasteiger charge is -2.23. The van der Waals surface area contributed by atoms with Crippen LogP contribution in [0.1, 0.15) is 19.8 Å². The quantitative estimate of drug-likeness (QED) is 0.804. The highest BCUT2D eigenvalue weighted by molar-refractivity contribution is 5.25. The zero-order valence-corrected chi connectivity index (χ0v) is 9.70. The number of halogens is 2. The summed E-state index contributed by atoms with van der Waals surface area (Å²) in [5.41, 5.74) is 5.77. The van der Waals surface area contributed by atoms with Crippen molar-refractivity contribution in [1.29, 1.82) is 0 Å². The fourth-order valence-corrected chi connectivity index (χ4v) is 1.52. The molecule has 0 heterocycles. The summed E-state index contributed by atoms with van der Waals surface area (Å²) < 4.78 is 31.5. The summed E-state index contributed by atoms with van der Waals surface area (Å²) >= 11 is 0. The molecule has 0 aliphatic heterocycles. The molecule has 0 saturated heterocycles. The van der Waals surface area contributed by atoms with Crippen molar-refractivity contribution < 1.29 is 18.6 Å². The molecule has 0 aromatic heterocycles. The molecule has 1 rings (SSSR count). The highest BCUT2D eigenvalue weighted by atomic mass is 19.2. The molecule has 3 N–H and O–H groups in total. The van der Waals surface area contributed by atoms with E-state index in [4.69, 9.17) is 15.6 Å². The zero-order valence-electron chi connectivity index (χ0n) is 9.70. The van der Waals surface area contributed by atoms with Gasteiger partial charge in [-0.05, 0) is 18.6 Å². The maximum absolute atomic E-state index is 13.3. The average molecular weight is 245 g/mol. The molecule has 3 nitrogen and oxygen atoms in total. The van der Waals surface area contributed by atoms with Gasteiger partial charge in [-0.15, -0.1) is 0 Å². The molecule has 1 aromatic carbocycles. The summed E-state index contributed by atoms with van der Waals surface area (Å²) in [5, 5.41) is 9.12. The van der Waals surface area contributed by atoms with Crippen LogP contribution in [0.15, 0.2) is 18.2 Å². The van der Waals surface area contributed by atoms with Crippen LogP contribution in [-0.2, 0) is 0 Å². The van der Waals surface area contributed by atoms with Crippen molar-refractivity contribution in [1.82, 2.24) is 0 Å². The van der Waals surface area contributed by atoms with Crippen molar-refractivity contribution in [2.45, 2.75) is 31.9 Å². The maximum Gasteiger partial charge on any atom is 0.200 e. The SMILES string of the molecule is CCCC(N)C(CO)Oc1cccc(F)c1F. The second kappa shape index (κ2) is 6.51. The second-order valence-electron chi connectivity index (χ2n) is 3.84. The zero-order chi connectivity index (χ0) is 12.8. The van der Waals surface area contributed by atoms with Crippen LogP contribution >= 0.6 is 0 Å². The molecule has 96 valence electrons. The van der Waals surface area contributed by atoms with Crippen molar-refractivity contribution in [3.63, 3.8) is 0 Å². The summed E-state index contributed by atoms with van der Waals surface area (Å²) in [7, 11) is 0. The third kappa shape index (κ3) is 3.64. The molecule has 0 saturated carbocycles. The van der Waals surface area contributed by atoms with Gasteiger partial charge in [-0.1, -0.05) is 19.4 Å². The molecule has 0 fully saturated rings. The topological polar surface area (TPSA) is 55.5 Å². The predicted molar refractivity (Wildman–Crippen MR) is 60.7 cm³/mol. The lowest BCUT2D eigenvalue weighted by molar-refractivity contribution is 0.0873. The molecule has 0 aliphatic carbocycles. The van der Waals surface area contributed by atoms with Crippen LogP contribution in [0.4, 0.5) is 8.78 Å². The maximum atomic E-state index is 13.3. The van der Waals surface area contributed by atoms with Gasteiger partial charge in [0.1, 0.15) is 6.10 Å². The first-order chi connectivity index (χ1) is 8.10. The second-order valence-corrected chi connectivity index (χ2v) is 3.84. The van der Waals surface area contributed by atoms with E-state index in [0.29, 0.717) is 6.42 Å². The minimum Gasteiger partial charge on any atom is -0.483 e. The third-order valence-corrected chi connectivity index (χ3v) is 2.47. The minimum atomic E-state index is -1.06. The Bertz CT molecular complexity index is 360. The van der Waals surface area contributed by atoms with Gasteiger partial charge >= 0.3 is 0 Å². The average Bonchev–Trinajstić information content (AvgIpc) is 2.31. The molecule has 17 heavy (non-hydrogen) atoms. The van der Waals surface area contributed by atoms with Crippen LogP contribution < -0.4 is 10.5 Å². The number of aliphatic hydroxyl groups is 1. The molecule has 0 bridgehead atoms. The van der Waals surface area contributed by atoms with Crippen LogP contribution in [0.3, 0.4) is 0 Å². The molecule has 2 unspecified atom stereocenters. The van der Waals surface area contributed by atoms with Crippen molar-refractivity contribution in [3.8, 4) is 5.75 Å². The Morgan fingerprint density at radius 3 is 2.71 bits per heavy atom. The van der Waals surface area contributed by atoms with Gasteiger partial charge in [0.25, 0.3) is 0 Å². The lowest BCUT2D eigenvalue weighted by Crippen LogP contribution is -2.41. The molecule has 2 atom stereocenters. The number of aliphatic hydroxyl groups excluding tert-OH is 1. The van der Waals surface area contributed by atoms with Gasteiger partial charge in [0.05, 0.1) is 6.61 Å². The largest absolute Gasteiger partial charge is 0.483 e. The Labute approximate surface area is 99.2 Å². The minimum absolute atomic E-state index is 0.226. The first-order valence-electron chi connectivity index (χ1n) is 5.57. The lowest BCUT2D eigenvalue weighted by atomic mass is 10.1. The number of hydrogen-bond donors (Lipinski definition) is 2. The Kier molecular flexibility index (Phi) is 5.31. The van der Waals surface area contributed by atoms with Gasteiger partial charge < -0.3 is 15.6 Å². The summed E-state index contributed by atoms with van der Waals surface area (Å²) in [6, 6.07) is 3.24. The van der Waals surface area contributed by atoms with Crippen molar-refractivity contribution in [2.75, 3.05) is 6.61 Å². The summed E-state index contributed by atoms with van der Waals surface area (Å²) in [4.78, 5) is 0. The van der Waals surface area contributed by atoms with Crippen LogP contribution in [0.25, 0.3) is 0 Å². The van der Waals surface area contributed by atoms with Crippen LogP contribution in [-0.4, -0.2) is 23.9 Å². The van der Waals surface area contributed by atoms with E-state index in [0.717, 1.165) is 12.5 Å². The molecule has 1 aromatic rings. The summed E-state index contributed by atoms with van der Waals surface area (Å²) in [6.07, 6.45) is 0.737. The summed E-state index contributed by atoms with van der Waals surface area (Å²) in [6.45, 7) is 1.61. The van der Waals surface area contributed by atoms with Crippen molar-refractivity contribution >= 4 is 0 Å². The first-order valence-corrected chi connectivity index (χ1v) is 5.57. The third-order valence-electron chi connectivity index (χ3n) is 2.47. The normalized spacial score (nSPS) is 14.4. The van der Waals surface area contributed by atoms with Crippen LogP contribution in [0.5, 0.6) is 5.75 Å². The predicted octanol–water partition coefficient (Wildman–Crippen LogP) is 1.83. The fourth-order valence-electron chi connectivity index (χ4n) is 1.52. The number of ether oxygens (including phenoxy) is 1. The van der Waals surface area contributed by atoms with Gasteiger partial charge in [-0.2, -0.15) is 4.39 Å². The van der Waals surface area contributed by atoms with Crippen molar-refractivity contribution in [2.24, 2.45) is 5.73 Å². The van der Waals surface area contributed by atoms with Crippen molar-refractivity contribution in [3.05, 3.63) is 29.8 Å². The number of benzene rings is 1. The molecular formula is C12H17F2NO2. The van der Waals surface area contributed by atoms with Gasteiger partial charge in [0.15, 0.2) is 11.6 Å². The van der Waals surface area contributed by atoms with E-state index in [9.17, 15) is 8.78 Å². The number of rotatable bonds is 6. The first kappa shape index (κ1) is 13.9. The van der Waals surface area contributed by atoms with Gasteiger partial charge in [-0.25, -0.2) is 4.39 Å². The molecule has 0 aliphatic rings. The molecule has 0 radical (unpaired) electrons. The molecule has 0 spiro atoms. The van der Waals surface area contributed by atoms with Gasteiger partial charge in [-0.3, -0.25) is 0 Å². The monoisotopic (exact) mass is 245 g/mol. The Hall–Kier alpha value is -1.20. The highest BCUT2D eigenvalue weighted by Gasteiger charge is 2.20. The number of nitrogens with two attached hydrogens (primary N) is 1. The van der Waals surface area contributed by atoms with E-state index < -0.39 is 23.8 Å². The molecular weight excluding hydrogens is 228 g/mol. The Morgan fingerprint density at radius 2 is 2.12 bits per heavy atom. The smallest absolute Gasteiger partial charge is 0.200 e. The van der Waals surface area contributed by atoms with E-state index >= 15 is 0 Å². The van der Waals surface area contributed by atoms with E-state index in [-0.39, 0.29) is 12.4 Å². The van der Waals surface area contributed by atoms with E-state index in [1.54, 1.807) is 0 Å². The fraction of sp³-hybridized carbons (Fsp3) is 0.500. The Morgan fingerprint density at radius 1 is 1.41 bits per heavy atom. The summed E-state index contributed by atoms with van der Waals surface area (Å²) in [5.74, 6) is -2.27.